The zero-order chi connectivity index (χ0) is 23.9. The lowest BCUT2D eigenvalue weighted by Crippen LogP contribution is -2.65. The number of carbonyl (C=O) groups excluding carboxylic acids is 1. The van der Waals surface area contributed by atoms with Crippen molar-refractivity contribution in [2.24, 2.45) is 4.99 Å². The molecule has 1 fully saturated rings. The fourth-order valence-electron chi connectivity index (χ4n) is 4.25. The fourth-order valence-corrected chi connectivity index (χ4v) is 4.42. The zero-order valence-corrected chi connectivity index (χ0v) is 19.3. The van der Waals surface area contributed by atoms with Gasteiger partial charge in [-0.2, -0.15) is 5.43 Å². The van der Waals surface area contributed by atoms with Crippen LogP contribution in [-0.2, 0) is 0 Å². The summed E-state index contributed by atoms with van der Waals surface area (Å²) in [7, 11) is 1.95. The number of quaternary nitrogens is 1. The van der Waals surface area contributed by atoms with E-state index in [0.717, 1.165) is 28.5 Å². The molecule has 9 heteroatoms. The van der Waals surface area contributed by atoms with E-state index in [2.05, 4.69) is 15.6 Å². The molecule has 1 amide bonds. The van der Waals surface area contributed by atoms with Crippen molar-refractivity contribution in [3.63, 3.8) is 0 Å². The molecule has 0 aliphatic carbocycles. The van der Waals surface area contributed by atoms with E-state index in [4.69, 9.17) is 16.6 Å². The number of likely N-dealkylation sites (N-methyl/N-ethyl adjacent to an activating group) is 1. The number of amides is 1. The highest BCUT2D eigenvalue weighted by Crippen LogP contribution is 2.36. The van der Waals surface area contributed by atoms with Gasteiger partial charge in [-0.05, 0) is 42.5 Å². The molecule has 2 aliphatic heterocycles. The van der Waals surface area contributed by atoms with Crippen LogP contribution in [0.4, 0.5) is 17.1 Å². The Bertz CT molecular complexity index is 1300. The largest absolute Gasteiger partial charge is 0.870 e. The van der Waals surface area contributed by atoms with Crippen LogP contribution in [-0.4, -0.2) is 59.6 Å². The van der Waals surface area contributed by atoms with Gasteiger partial charge in [-0.25, -0.2) is 9.58 Å². The van der Waals surface area contributed by atoms with Gasteiger partial charge in [-0.1, -0.05) is 35.5 Å². The van der Waals surface area contributed by atoms with E-state index in [1.165, 1.54) is 18.2 Å². The summed E-state index contributed by atoms with van der Waals surface area (Å²) in [6.07, 6.45) is 0. The van der Waals surface area contributed by atoms with Gasteiger partial charge in [-0.15, -0.1) is 0 Å². The molecule has 0 saturated carbocycles. The fraction of sp³-hybridized carbons (Fsp3) is 0.200. The monoisotopic (exact) mass is 477 g/mol. The number of benzene rings is 3. The lowest BCUT2D eigenvalue weighted by atomic mass is 10.1. The van der Waals surface area contributed by atoms with E-state index < -0.39 is 11.5 Å². The quantitative estimate of drug-likeness (QED) is 0.491. The van der Waals surface area contributed by atoms with Gasteiger partial charge in [-0.3, -0.25) is 4.79 Å². The number of aliphatic imine (C=N–C) groups is 1. The average Bonchev–Trinajstić information content (AvgIpc) is 2.97. The number of amidine groups is 1. The number of piperazine rings is 1. The Morgan fingerprint density at radius 3 is 2.65 bits per heavy atom. The summed E-state index contributed by atoms with van der Waals surface area (Å²) in [6.45, 7) is 2.64. The van der Waals surface area contributed by atoms with Crippen LogP contribution in [0.2, 0.25) is 5.02 Å². The predicted molar refractivity (Wildman–Crippen MR) is 130 cm³/mol. The zero-order valence-electron chi connectivity index (χ0n) is 18.6. The van der Waals surface area contributed by atoms with E-state index in [9.17, 15) is 15.0 Å². The Morgan fingerprint density at radius 1 is 1.12 bits per heavy atom. The number of phenols is 1. The Kier molecular flexibility index (Phi) is 5.55. The van der Waals surface area contributed by atoms with Gasteiger partial charge in [0.1, 0.15) is 24.7 Å². The van der Waals surface area contributed by atoms with Crippen LogP contribution in [0.5, 0.6) is 11.5 Å². The molecule has 0 atom stereocenters. The number of halogens is 1. The van der Waals surface area contributed by atoms with E-state index in [-0.39, 0.29) is 11.5 Å². The summed E-state index contributed by atoms with van der Waals surface area (Å²) in [5.74, 6) is -0.416. The molecular formula is C25H24ClN5O3. The molecule has 3 aromatic carbocycles. The molecule has 2 heterocycles. The maximum Gasteiger partial charge on any atom is 0.296 e. The number of aromatic hydroxyl groups is 1. The Labute approximate surface area is 202 Å². The van der Waals surface area contributed by atoms with Crippen molar-refractivity contribution >= 4 is 40.4 Å². The highest BCUT2D eigenvalue weighted by Gasteiger charge is 2.34. The minimum atomic E-state index is -0.507. The number of fused-ring (bicyclic) bond motifs is 2. The van der Waals surface area contributed by atoms with Crippen molar-refractivity contribution in [1.82, 2.24) is 10.3 Å². The Balaban J connectivity index is 1.37. The van der Waals surface area contributed by atoms with Gasteiger partial charge in [0.15, 0.2) is 0 Å². The van der Waals surface area contributed by atoms with E-state index >= 15 is 0 Å². The van der Waals surface area contributed by atoms with Crippen LogP contribution in [0.25, 0.3) is 0 Å². The number of para-hydroxylation sites is 1. The molecule has 174 valence electrons. The third-order valence-electron chi connectivity index (χ3n) is 6.24. The van der Waals surface area contributed by atoms with Crippen LogP contribution in [0.1, 0.15) is 15.9 Å². The minimum Gasteiger partial charge on any atom is -0.870 e. The molecule has 0 aromatic heterocycles. The van der Waals surface area contributed by atoms with Crippen LogP contribution in [0.15, 0.2) is 65.7 Å². The van der Waals surface area contributed by atoms with Crippen molar-refractivity contribution in [3.8, 4) is 11.5 Å². The molecule has 0 bridgehead atoms. The summed E-state index contributed by atoms with van der Waals surface area (Å²) in [6, 6.07) is 17.5. The Hall–Kier alpha value is -3.75. The van der Waals surface area contributed by atoms with E-state index in [1.807, 2.05) is 49.5 Å². The molecular weight excluding hydrogens is 454 g/mol. The number of hydrogen-bond acceptors (Lipinski definition) is 6. The summed E-state index contributed by atoms with van der Waals surface area (Å²) < 4.78 is 0.324. The first-order valence-electron chi connectivity index (χ1n) is 11.0. The number of anilines is 2. The number of rotatable bonds is 2. The topological polar surface area (TPSA) is 100 Å². The molecule has 0 spiro atoms. The molecule has 34 heavy (non-hydrogen) atoms. The summed E-state index contributed by atoms with van der Waals surface area (Å²) in [4.78, 5) is 20.0. The lowest BCUT2D eigenvalue weighted by molar-refractivity contribution is -0.946. The SMILES string of the molecule is C[N+]1(NC(=O)c2ccc([O-])c(O)c2)CCN(C2=Nc3cc(Cl)ccc3Nc3ccccc32)CC1. The van der Waals surface area contributed by atoms with E-state index in [1.54, 1.807) is 0 Å². The first-order valence-corrected chi connectivity index (χ1v) is 11.4. The highest BCUT2D eigenvalue weighted by atomic mass is 35.5. The maximum atomic E-state index is 12.7. The second-order valence-electron chi connectivity index (χ2n) is 8.72. The average molecular weight is 478 g/mol. The number of phenolic OH excluding ortho intramolecular Hbond substituents is 1. The predicted octanol–water partition coefficient (Wildman–Crippen LogP) is 3.36. The summed E-state index contributed by atoms with van der Waals surface area (Å²) in [5.41, 5.74) is 6.92. The number of nitrogens with one attached hydrogen (secondary N) is 2. The van der Waals surface area contributed by atoms with Crippen LogP contribution in [0, 0.1) is 0 Å². The van der Waals surface area contributed by atoms with Crippen molar-refractivity contribution in [1.29, 1.82) is 0 Å². The van der Waals surface area contributed by atoms with Crippen molar-refractivity contribution < 1.29 is 19.6 Å². The standard InChI is InChI=1S/C25H24ClN5O3/c1-31(29-25(34)16-6-9-22(32)23(33)14-16)12-10-30(11-13-31)24-18-4-2-3-5-19(18)27-20-8-7-17(26)15-21(20)28-24/h2-9,14-15H,10-13H2,1H3,(H3-,27,28,29,32,33,34). The summed E-state index contributed by atoms with van der Waals surface area (Å²) >= 11 is 6.24. The molecule has 3 N–H and O–H groups in total. The van der Waals surface area contributed by atoms with Gasteiger partial charge < -0.3 is 20.4 Å². The minimum absolute atomic E-state index is 0.250. The second-order valence-corrected chi connectivity index (χ2v) is 9.16. The normalized spacial score (nSPS) is 16.4. The lowest BCUT2D eigenvalue weighted by Gasteiger charge is -2.42. The molecule has 2 aliphatic rings. The third kappa shape index (κ3) is 4.25. The second kappa shape index (κ2) is 8.55. The molecule has 5 rings (SSSR count). The van der Waals surface area contributed by atoms with Gasteiger partial charge in [0.25, 0.3) is 5.91 Å². The first kappa shape index (κ1) is 22.1. The number of nitrogens with zero attached hydrogens (tertiary/aromatic N) is 3. The van der Waals surface area contributed by atoms with Crippen LogP contribution >= 0.6 is 11.6 Å². The maximum absolute atomic E-state index is 12.7. The molecule has 3 aromatic rings. The van der Waals surface area contributed by atoms with Crippen molar-refractivity contribution in [2.45, 2.75) is 0 Å². The molecule has 0 radical (unpaired) electrons. The summed E-state index contributed by atoms with van der Waals surface area (Å²) in [5, 5.41) is 25.2. The van der Waals surface area contributed by atoms with Gasteiger partial charge in [0.05, 0.1) is 31.5 Å². The van der Waals surface area contributed by atoms with Gasteiger partial charge in [0.2, 0.25) is 0 Å². The number of carbonyl (C=O) groups is 1. The highest BCUT2D eigenvalue weighted by molar-refractivity contribution is 6.31. The first-order chi connectivity index (χ1) is 16.3. The van der Waals surface area contributed by atoms with Crippen molar-refractivity contribution in [3.05, 3.63) is 76.8 Å². The number of hydrogen-bond donors (Lipinski definition) is 3. The van der Waals surface area contributed by atoms with Crippen LogP contribution < -0.4 is 15.8 Å². The third-order valence-corrected chi connectivity index (χ3v) is 6.48. The smallest absolute Gasteiger partial charge is 0.296 e. The van der Waals surface area contributed by atoms with Crippen LogP contribution in [0.3, 0.4) is 0 Å². The molecule has 1 saturated heterocycles. The van der Waals surface area contributed by atoms with Gasteiger partial charge >= 0.3 is 0 Å². The van der Waals surface area contributed by atoms with E-state index in [0.29, 0.717) is 35.8 Å². The molecule has 8 nitrogen and oxygen atoms in total. The van der Waals surface area contributed by atoms with Gasteiger partial charge in [0, 0.05) is 21.8 Å². The van der Waals surface area contributed by atoms with Crippen molar-refractivity contribution in [2.75, 3.05) is 38.5 Å². The Morgan fingerprint density at radius 2 is 1.88 bits per heavy atom. The molecule has 0 unspecified atom stereocenters.